The van der Waals surface area contributed by atoms with Crippen LogP contribution in [0.25, 0.3) is 0 Å². The predicted molar refractivity (Wildman–Crippen MR) is 94.1 cm³/mol. The fraction of sp³-hybridized carbons (Fsp3) is 0.263. The fourth-order valence-electron chi connectivity index (χ4n) is 2.77. The molecule has 7 nitrogen and oxygen atoms in total. The molecule has 0 N–H and O–H groups in total. The van der Waals surface area contributed by atoms with Gasteiger partial charge in [-0.1, -0.05) is 12.1 Å². The highest BCUT2D eigenvalue weighted by molar-refractivity contribution is 6.08. The number of carbonyl (C=O) groups excluding carboxylic acids is 2. The van der Waals surface area contributed by atoms with Gasteiger partial charge in [0.05, 0.1) is 33.6 Å². The molecule has 26 heavy (non-hydrogen) atoms. The van der Waals surface area contributed by atoms with Gasteiger partial charge in [0.2, 0.25) is 6.10 Å². The predicted octanol–water partition coefficient (Wildman–Crippen LogP) is 2.28. The monoisotopic (exact) mass is 357 g/mol. The van der Waals surface area contributed by atoms with Crippen LogP contribution in [0.5, 0.6) is 17.2 Å². The number of anilines is 1. The van der Waals surface area contributed by atoms with Crippen LogP contribution in [0.3, 0.4) is 0 Å². The molecule has 7 heteroatoms. The van der Waals surface area contributed by atoms with E-state index in [0.29, 0.717) is 28.5 Å². The molecule has 0 spiro atoms. The van der Waals surface area contributed by atoms with Crippen molar-refractivity contribution in [3.63, 3.8) is 0 Å². The first kappa shape index (κ1) is 17.6. The number of benzene rings is 2. The number of hydrogen-bond acceptors (Lipinski definition) is 6. The SMILES string of the molecule is COC(=O)[C@H]1CN(C(=O)c2cc(OC)cc(OC)c2)c2ccccc2O1. The number of amides is 1. The number of esters is 1. The third kappa shape index (κ3) is 3.28. The van der Waals surface area contributed by atoms with Crippen molar-refractivity contribution in [2.75, 3.05) is 32.8 Å². The lowest BCUT2D eigenvalue weighted by Gasteiger charge is -2.33. The molecule has 0 fully saturated rings. The third-order valence-corrected chi connectivity index (χ3v) is 4.08. The van der Waals surface area contributed by atoms with Crippen LogP contribution in [0, 0.1) is 0 Å². The van der Waals surface area contributed by atoms with Crippen LogP contribution >= 0.6 is 0 Å². The number of methoxy groups -OCH3 is 3. The van der Waals surface area contributed by atoms with E-state index in [1.54, 1.807) is 42.5 Å². The van der Waals surface area contributed by atoms with Crippen LogP contribution in [-0.4, -0.2) is 45.9 Å². The van der Waals surface area contributed by atoms with Crippen LogP contribution in [0.4, 0.5) is 5.69 Å². The Morgan fingerprint density at radius 3 is 2.31 bits per heavy atom. The molecule has 0 radical (unpaired) electrons. The molecule has 0 aromatic heterocycles. The normalized spacial score (nSPS) is 15.5. The van der Waals surface area contributed by atoms with Gasteiger partial charge < -0.3 is 23.8 Å². The second-order valence-corrected chi connectivity index (χ2v) is 5.61. The molecule has 3 rings (SSSR count). The molecule has 2 aromatic carbocycles. The minimum atomic E-state index is -0.897. The number of carbonyl (C=O) groups is 2. The lowest BCUT2D eigenvalue weighted by Crippen LogP contribution is -2.47. The molecule has 0 saturated heterocycles. The highest BCUT2D eigenvalue weighted by atomic mass is 16.6. The summed E-state index contributed by atoms with van der Waals surface area (Å²) in [5.41, 5.74) is 0.959. The summed E-state index contributed by atoms with van der Waals surface area (Å²) >= 11 is 0. The fourth-order valence-corrected chi connectivity index (χ4v) is 2.77. The van der Waals surface area contributed by atoms with Crippen molar-refractivity contribution in [1.29, 1.82) is 0 Å². The van der Waals surface area contributed by atoms with Crippen LogP contribution in [0.1, 0.15) is 10.4 Å². The molecule has 1 atom stereocenters. The zero-order valence-electron chi connectivity index (χ0n) is 14.7. The first-order valence-electron chi connectivity index (χ1n) is 7.95. The highest BCUT2D eigenvalue weighted by Gasteiger charge is 2.35. The molecule has 0 aliphatic carbocycles. The van der Waals surface area contributed by atoms with Crippen molar-refractivity contribution < 1.29 is 28.5 Å². The maximum absolute atomic E-state index is 13.2. The minimum absolute atomic E-state index is 0.0437. The van der Waals surface area contributed by atoms with Crippen LogP contribution in [0.2, 0.25) is 0 Å². The Hall–Kier alpha value is -3.22. The zero-order chi connectivity index (χ0) is 18.7. The van der Waals surface area contributed by atoms with Crippen molar-refractivity contribution >= 4 is 17.6 Å². The molecule has 0 bridgehead atoms. The average Bonchev–Trinajstić information content (AvgIpc) is 2.71. The maximum atomic E-state index is 13.2. The number of para-hydroxylation sites is 2. The van der Waals surface area contributed by atoms with Gasteiger partial charge in [0.25, 0.3) is 5.91 Å². The summed E-state index contributed by atoms with van der Waals surface area (Å²) in [5, 5.41) is 0. The first-order chi connectivity index (χ1) is 12.6. The Bertz CT molecular complexity index is 812. The standard InChI is InChI=1S/C19H19NO6/c1-23-13-8-12(9-14(10-13)24-2)18(21)20-11-17(19(22)25-3)26-16-7-5-4-6-15(16)20/h4-10,17H,11H2,1-3H3/t17-/m1/s1. The van der Waals surface area contributed by atoms with Crippen molar-refractivity contribution in [2.24, 2.45) is 0 Å². The Kier molecular flexibility index (Phi) is 4.97. The molecular formula is C19H19NO6. The number of hydrogen-bond donors (Lipinski definition) is 0. The molecular weight excluding hydrogens is 338 g/mol. The van der Waals surface area contributed by atoms with E-state index in [1.807, 2.05) is 0 Å². The van der Waals surface area contributed by atoms with Crippen LogP contribution in [-0.2, 0) is 9.53 Å². The number of fused-ring (bicyclic) bond motifs is 1. The Labute approximate surface area is 151 Å². The van der Waals surface area contributed by atoms with E-state index < -0.39 is 12.1 Å². The zero-order valence-corrected chi connectivity index (χ0v) is 14.7. The Morgan fingerprint density at radius 1 is 1.04 bits per heavy atom. The summed E-state index contributed by atoms with van der Waals surface area (Å²) in [6.45, 7) is 0.0437. The second kappa shape index (κ2) is 7.35. The van der Waals surface area contributed by atoms with Crippen molar-refractivity contribution in [1.82, 2.24) is 0 Å². The van der Waals surface area contributed by atoms with Crippen molar-refractivity contribution in [3.8, 4) is 17.2 Å². The summed E-state index contributed by atoms with van der Waals surface area (Å²) in [7, 11) is 4.31. The van der Waals surface area contributed by atoms with E-state index in [2.05, 4.69) is 0 Å². The molecule has 1 heterocycles. The van der Waals surface area contributed by atoms with E-state index >= 15 is 0 Å². The Morgan fingerprint density at radius 2 is 1.69 bits per heavy atom. The van der Waals surface area contributed by atoms with Gasteiger partial charge in [0.1, 0.15) is 17.2 Å². The number of nitrogens with zero attached hydrogens (tertiary/aromatic N) is 1. The van der Waals surface area contributed by atoms with Gasteiger partial charge in [0, 0.05) is 11.6 Å². The lowest BCUT2D eigenvalue weighted by atomic mass is 10.1. The largest absolute Gasteiger partial charge is 0.497 e. The summed E-state index contributed by atoms with van der Waals surface area (Å²) in [6.07, 6.45) is -0.897. The molecule has 1 aliphatic rings. The lowest BCUT2D eigenvalue weighted by molar-refractivity contribution is -0.148. The van der Waals surface area contributed by atoms with E-state index in [0.717, 1.165) is 0 Å². The molecule has 1 aliphatic heterocycles. The number of rotatable bonds is 4. The van der Waals surface area contributed by atoms with E-state index in [9.17, 15) is 9.59 Å². The smallest absolute Gasteiger partial charge is 0.348 e. The van der Waals surface area contributed by atoms with Gasteiger partial charge in [-0.2, -0.15) is 0 Å². The summed E-state index contributed by atoms with van der Waals surface area (Å²) < 4.78 is 20.9. The van der Waals surface area contributed by atoms with Gasteiger partial charge in [-0.25, -0.2) is 4.79 Å². The molecule has 0 saturated carbocycles. The molecule has 1 amide bonds. The molecule has 136 valence electrons. The van der Waals surface area contributed by atoms with Crippen molar-refractivity contribution in [3.05, 3.63) is 48.0 Å². The van der Waals surface area contributed by atoms with Gasteiger partial charge in [0.15, 0.2) is 0 Å². The van der Waals surface area contributed by atoms with E-state index in [-0.39, 0.29) is 12.5 Å². The first-order valence-corrected chi connectivity index (χ1v) is 7.95. The second-order valence-electron chi connectivity index (χ2n) is 5.61. The summed E-state index contributed by atoms with van der Waals surface area (Å²) in [6, 6.07) is 12.0. The van der Waals surface area contributed by atoms with Gasteiger partial charge in [-0.3, -0.25) is 4.79 Å². The number of ether oxygens (including phenoxy) is 4. The third-order valence-electron chi connectivity index (χ3n) is 4.08. The van der Waals surface area contributed by atoms with E-state index in [1.165, 1.54) is 26.2 Å². The molecule has 0 unspecified atom stereocenters. The topological polar surface area (TPSA) is 74.3 Å². The van der Waals surface area contributed by atoms with Crippen LogP contribution < -0.4 is 19.1 Å². The van der Waals surface area contributed by atoms with Crippen molar-refractivity contribution in [2.45, 2.75) is 6.10 Å². The Balaban J connectivity index is 2.01. The van der Waals surface area contributed by atoms with Gasteiger partial charge in [-0.05, 0) is 24.3 Å². The highest BCUT2D eigenvalue weighted by Crippen LogP contribution is 2.35. The quantitative estimate of drug-likeness (QED) is 0.782. The average molecular weight is 357 g/mol. The van der Waals surface area contributed by atoms with Crippen LogP contribution in [0.15, 0.2) is 42.5 Å². The minimum Gasteiger partial charge on any atom is -0.497 e. The van der Waals surface area contributed by atoms with Gasteiger partial charge >= 0.3 is 5.97 Å². The summed E-state index contributed by atoms with van der Waals surface area (Å²) in [5.74, 6) is 0.599. The maximum Gasteiger partial charge on any atom is 0.348 e. The molecule has 2 aromatic rings. The van der Waals surface area contributed by atoms with Gasteiger partial charge in [-0.15, -0.1) is 0 Å². The van der Waals surface area contributed by atoms with E-state index in [4.69, 9.17) is 18.9 Å². The summed E-state index contributed by atoms with van der Waals surface area (Å²) in [4.78, 5) is 26.6.